The van der Waals surface area contributed by atoms with Crippen LogP contribution in [0.5, 0.6) is 0 Å². The molecule has 1 aliphatic heterocycles. The standard InChI is InChI=1S/C19H20N6O2/c1-11-18(12(2)27-24-11)16-7-15(22-13(3)23-16)17-5-4-6-25(17)19(26)14-8-20-10-21-9-14/h7-10,17H,4-6H2,1-3H3/t17-/m1/s1. The topological polar surface area (TPSA) is 97.9 Å². The summed E-state index contributed by atoms with van der Waals surface area (Å²) in [5, 5.41) is 4.02. The summed E-state index contributed by atoms with van der Waals surface area (Å²) < 4.78 is 5.28. The van der Waals surface area contributed by atoms with Gasteiger partial charge in [0, 0.05) is 18.9 Å². The van der Waals surface area contributed by atoms with Crippen LogP contribution in [0.25, 0.3) is 11.3 Å². The molecule has 0 spiro atoms. The van der Waals surface area contributed by atoms with E-state index in [9.17, 15) is 4.79 Å². The van der Waals surface area contributed by atoms with Crippen molar-refractivity contribution in [2.45, 2.75) is 39.7 Å². The Hall–Kier alpha value is -3.16. The van der Waals surface area contributed by atoms with Crippen molar-refractivity contribution in [3.8, 4) is 11.3 Å². The number of hydrogen-bond acceptors (Lipinski definition) is 7. The van der Waals surface area contributed by atoms with Gasteiger partial charge in [0.25, 0.3) is 5.91 Å². The van der Waals surface area contributed by atoms with E-state index in [1.54, 1.807) is 12.4 Å². The molecule has 0 aromatic carbocycles. The molecule has 1 fully saturated rings. The summed E-state index contributed by atoms with van der Waals surface area (Å²) in [6, 6.07) is 1.84. The van der Waals surface area contributed by atoms with Gasteiger partial charge < -0.3 is 9.42 Å². The molecule has 8 heteroatoms. The van der Waals surface area contributed by atoms with Gasteiger partial charge in [-0.3, -0.25) is 4.79 Å². The number of rotatable bonds is 3. The Bertz CT molecular complexity index is 966. The molecule has 4 rings (SSSR count). The van der Waals surface area contributed by atoms with E-state index in [4.69, 9.17) is 4.52 Å². The first-order chi connectivity index (χ1) is 13.0. The van der Waals surface area contributed by atoms with E-state index in [1.807, 2.05) is 31.7 Å². The lowest BCUT2D eigenvalue weighted by molar-refractivity contribution is 0.0731. The van der Waals surface area contributed by atoms with Crippen LogP contribution in [-0.2, 0) is 0 Å². The van der Waals surface area contributed by atoms with Gasteiger partial charge in [-0.2, -0.15) is 0 Å². The molecule has 1 atom stereocenters. The summed E-state index contributed by atoms with van der Waals surface area (Å²) >= 11 is 0. The quantitative estimate of drug-likeness (QED) is 0.705. The molecule has 27 heavy (non-hydrogen) atoms. The SMILES string of the molecule is Cc1nc(-c2c(C)noc2C)cc([C@H]2CCCN2C(=O)c2cncnc2)n1. The third kappa shape index (κ3) is 3.18. The zero-order chi connectivity index (χ0) is 19.0. The van der Waals surface area contributed by atoms with Gasteiger partial charge in [0.15, 0.2) is 0 Å². The molecule has 138 valence electrons. The van der Waals surface area contributed by atoms with Gasteiger partial charge in [-0.25, -0.2) is 19.9 Å². The maximum absolute atomic E-state index is 12.9. The molecular formula is C19H20N6O2. The van der Waals surface area contributed by atoms with E-state index >= 15 is 0 Å². The second-order valence-corrected chi connectivity index (χ2v) is 6.71. The van der Waals surface area contributed by atoms with Gasteiger partial charge in [0.1, 0.15) is 17.9 Å². The Morgan fingerprint density at radius 2 is 1.96 bits per heavy atom. The van der Waals surface area contributed by atoms with Crippen molar-refractivity contribution in [3.05, 3.63) is 53.3 Å². The number of carbonyl (C=O) groups excluding carboxylic acids is 1. The molecule has 0 saturated carbocycles. The van der Waals surface area contributed by atoms with Crippen LogP contribution in [0.4, 0.5) is 0 Å². The Morgan fingerprint density at radius 1 is 1.19 bits per heavy atom. The zero-order valence-electron chi connectivity index (χ0n) is 15.5. The van der Waals surface area contributed by atoms with Gasteiger partial charge in [-0.15, -0.1) is 0 Å². The first-order valence-electron chi connectivity index (χ1n) is 8.89. The molecule has 0 aliphatic carbocycles. The van der Waals surface area contributed by atoms with Gasteiger partial charge in [-0.05, 0) is 39.7 Å². The Morgan fingerprint density at radius 3 is 2.67 bits per heavy atom. The second kappa shape index (κ2) is 6.86. The van der Waals surface area contributed by atoms with Crippen molar-refractivity contribution in [3.63, 3.8) is 0 Å². The lowest BCUT2D eigenvalue weighted by Gasteiger charge is -2.24. The largest absolute Gasteiger partial charge is 0.361 e. The number of carbonyl (C=O) groups is 1. The number of aryl methyl sites for hydroxylation is 3. The van der Waals surface area contributed by atoms with Crippen LogP contribution in [0.1, 0.15) is 52.2 Å². The third-order valence-electron chi connectivity index (χ3n) is 4.81. The fourth-order valence-electron chi connectivity index (χ4n) is 3.63. The highest BCUT2D eigenvalue weighted by Gasteiger charge is 2.32. The number of hydrogen-bond donors (Lipinski definition) is 0. The molecule has 1 amide bonds. The van der Waals surface area contributed by atoms with Crippen LogP contribution >= 0.6 is 0 Å². The average molecular weight is 364 g/mol. The smallest absolute Gasteiger partial charge is 0.257 e. The Labute approximate surface area is 156 Å². The molecule has 0 radical (unpaired) electrons. The van der Waals surface area contributed by atoms with Crippen LogP contribution in [0.3, 0.4) is 0 Å². The minimum absolute atomic E-state index is 0.0757. The van der Waals surface area contributed by atoms with Gasteiger partial charge in [-0.1, -0.05) is 5.16 Å². The maximum Gasteiger partial charge on any atom is 0.257 e. The highest BCUT2D eigenvalue weighted by Crippen LogP contribution is 2.34. The fraction of sp³-hybridized carbons (Fsp3) is 0.368. The minimum atomic E-state index is -0.0985. The summed E-state index contributed by atoms with van der Waals surface area (Å²) in [7, 11) is 0. The number of nitrogens with zero attached hydrogens (tertiary/aromatic N) is 6. The summed E-state index contributed by atoms with van der Waals surface area (Å²) in [6.07, 6.45) is 6.29. The predicted octanol–water partition coefficient (Wildman–Crippen LogP) is 2.82. The van der Waals surface area contributed by atoms with Crippen molar-refractivity contribution in [2.75, 3.05) is 6.54 Å². The van der Waals surface area contributed by atoms with E-state index in [-0.39, 0.29) is 11.9 Å². The van der Waals surface area contributed by atoms with E-state index < -0.39 is 0 Å². The summed E-state index contributed by atoms with van der Waals surface area (Å²) in [4.78, 5) is 31.9. The van der Waals surface area contributed by atoms with Crippen LogP contribution in [-0.4, -0.2) is 42.4 Å². The molecule has 0 N–H and O–H groups in total. The first-order valence-corrected chi connectivity index (χ1v) is 8.89. The molecule has 0 unspecified atom stereocenters. The average Bonchev–Trinajstić information content (AvgIpc) is 3.28. The lowest BCUT2D eigenvalue weighted by atomic mass is 10.1. The van der Waals surface area contributed by atoms with Crippen LogP contribution in [0.2, 0.25) is 0 Å². The second-order valence-electron chi connectivity index (χ2n) is 6.71. The molecule has 4 heterocycles. The van der Waals surface area contributed by atoms with E-state index in [2.05, 4.69) is 25.1 Å². The lowest BCUT2D eigenvalue weighted by Crippen LogP contribution is -2.31. The number of amides is 1. The molecule has 1 aliphatic rings. The molecule has 3 aromatic rings. The Kier molecular flexibility index (Phi) is 4.39. The van der Waals surface area contributed by atoms with Crippen molar-refractivity contribution in [1.82, 2.24) is 30.0 Å². The summed E-state index contributed by atoms with van der Waals surface area (Å²) in [6.45, 7) is 6.30. The minimum Gasteiger partial charge on any atom is -0.361 e. The monoisotopic (exact) mass is 364 g/mol. The van der Waals surface area contributed by atoms with Crippen LogP contribution in [0, 0.1) is 20.8 Å². The van der Waals surface area contributed by atoms with Crippen molar-refractivity contribution < 1.29 is 9.32 Å². The molecule has 8 nitrogen and oxygen atoms in total. The summed E-state index contributed by atoms with van der Waals surface area (Å²) in [5.74, 6) is 1.30. The highest BCUT2D eigenvalue weighted by atomic mass is 16.5. The number of likely N-dealkylation sites (tertiary alicyclic amines) is 1. The molecular weight excluding hydrogens is 344 g/mol. The van der Waals surface area contributed by atoms with Gasteiger partial charge in [0.05, 0.1) is 34.3 Å². The zero-order valence-corrected chi connectivity index (χ0v) is 15.5. The third-order valence-corrected chi connectivity index (χ3v) is 4.81. The van der Waals surface area contributed by atoms with Crippen LogP contribution < -0.4 is 0 Å². The van der Waals surface area contributed by atoms with E-state index in [0.29, 0.717) is 17.9 Å². The number of aromatic nitrogens is 5. The maximum atomic E-state index is 12.9. The normalized spacial score (nSPS) is 16.7. The summed E-state index contributed by atoms with van der Waals surface area (Å²) in [5.41, 5.74) is 3.77. The molecule has 0 bridgehead atoms. The van der Waals surface area contributed by atoms with Crippen LogP contribution in [0.15, 0.2) is 29.3 Å². The van der Waals surface area contributed by atoms with Crippen molar-refractivity contribution in [1.29, 1.82) is 0 Å². The van der Waals surface area contributed by atoms with E-state index in [0.717, 1.165) is 41.2 Å². The van der Waals surface area contributed by atoms with Gasteiger partial charge in [0.2, 0.25) is 0 Å². The Balaban J connectivity index is 1.71. The predicted molar refractivity (Wildman–Crippen MR) is 96.8 cm³/mol. The van der Waals surface area contributed by atoms with Crippen molar-refractivity contribution in [2.24, 2.45) is 0 Å². The molecule has 1 saturated heterocycles. The first kappa shape index (κ1) is 17.3. The van der Waals surface area contributed by atoms with Crippen molar-refractivity contribution >= 4 is 5.91 Å². The molecule has 3 aromatic heterocycles. The fourth-order valence-corrected chi connectivity index (χ4v) is 3.63. The van der Waals surface area contributed by atoms with E-state index in [1.165, 1.54) is 6.33 Å². The highest BCUT2D eigenvalue weighted by molar-refractivity contribution is 5.94. The van der Waals surface area contributed by atoms with Gasteiger partial charge >= 0.3 is 0 Å².